The number of methoxy groups -OCH3 is 1. The third-order valence-electron chi connectivity index (χ3n) is 3.50. The number of aromatic hydroxyl groups is 1. The van der Waals surface area contributed by atoms with E-state index in [1.807, 2.05) is 6.92 Å². The molecule has 0 spiro atoms. The second-order valence-electron chi connectivity index (χ2n) is 4.72. The fraction of sp³-hybridized carbons (Fsp3) is 0.500. The van der Waals surface area contributed by atoms with Crippen molar-refractivity contribution in [1.82, 2.24) is 5.32 Å². The Morgan fingerprint density at radius 3 is 2.95 bits per heavy atom. The van der Waals surface area contributed by atoms with Gasteiger partial charge in [-0.1, -0.05) is 0 Å². The van der Waals surface area contributed by atoms with Crippen LogP contribution in [0.5, 0.6) is 11.5 Å². The molecule has 1 saturated heterocycles. The number of phenolic OH excluding ortho intramolecular Hbond substituents is 1. The maximum Gasteiger partial charge on any atom is 0.251 e. The Hall–Kier alpha value is -1.75. The van der Waals surface area contributed by atoms with E-state index >= 15 is 0 Å². The Kier molecular flexibility index (Phi) is 4.27. The molecule has 19 heavy (non-hydrogen) atoms. The zero-order chi connectivity index (χ0) is 13.8. The van der Waals surface area contributed by atoms with Crippen molar-refractivity contribution in [3.8, 4) is 11.5 Å². The van der Waals surface area contributed by atoms with E-state index in [0.29, 0.717) is 23.8 Å². The summed E-state index contributed by atoms with van der Waals surface area (Å²) < 4.78 is 10.4. The van der Waals surface area contributed by atoms with Crippen LogP contribution in [0.4, 0.5) is 0 Å². The maximum absolute atomic E-state index is 12.0. The normalized spacial score (nSPS) is 22.2. The molecule has 2 unspecified atom stereocenters. The lowest BCUT2D eigenvalue weighted by Gasteiger charge is -2.15. The predicted molar refractivity (Wildman–Crippen MR) is 70.5 cm³/mol. The van der Waals surface area contributed by atoms with Gasteiger partial charge in [0.15, 0.2) is 11.5 Å². The molecule has 0 radical (unpaired) electrons. The number of carbonyl (C=O) groups is 1. The van der Waals surface area contributed by atoms with E-state index in [-0.39, 0.29) is 17.8 Å². The molecule has 2 N–H and O–H groups in total. The van der Waals surface area contributed by atoms with Crippen molar-refractivity contribution in [3.05, 3.63) is 23.8 Å². The molecular weight excluding hydrogens is 246 g/mol. The smallest absolute Gasteiger partial charge is 0.251 e. The zero-order valence-electron chi connectivity index (χ0n) is 11.2. The Balaban J connectivity index is 1.94. The Morgan fingerprint density at radius 1 is 1.58 bits per heavy atom. The largest absolute Gasteiger partial charge is 0.504 e. The van der Waals surface area contributed by atoms with E-state index in [1.165, 1.54) is 13.2 Å². The monoisotopic (exact) mass is 265 g/mol. The Labute approximate surface area is 112 Å². The van der Waals surface area contributed by atoms with Gasteiger partial charge in [-0.05, 0) is 31.5 Å². The molecule has 0 aliphatic carbocycles. The number of carbonyl (C=O) groups excluding carboxylic acids is 1. The fourth-order valence-electron chi connectivity index (χ4n) is 2.20. The lowest BCUT2D eigenvalue weighted by atomic mass is 10.0. The summed E-state index contributed by atoms with van der Waals surface area (Å²) in [5.41, 5.74) is 0.421. The molecule has 1 aromatic rings. The van der Waals surface area contributed by atoms with Crippen molar-refractivity contribution < 1.29 is 19.4 Å². The minimum atomic E-state index is -0.197. The second kappa shape index (κ2) is 5.93. The van der Waals surface area contributed by atoms with Crippen molar-refractivity contribution in [2.75, 3.05) is 20.3 Å². The third-order valence-corrected chi connectivity index (χ3v) is 3.50. The summed E-state index contributed by atoms with van der Waals surface area (Å²) in [6.07, 6.45) is 1.15. The molecule has 1 fully saturated rings. The average molecular weight is 265 g/mol. The van der Waals surface area contributed by atoms with Gasteiger partial charge in [0.1, 0.15) is 0 Å². The summed E-state index contributed by atoms with van der Waals surface area (Å²) >= 11 is 0. The molecule has 0 aromatic heterocycles. The summed E-state index contributed by atoms with van der Waals surface area (Å²) in [5, 5.41) is 12.5. The minimum absolute atomic E-state index is 0.0345. The number of phenols is 1. The highest BCUT2D eigenvalue weighted by Crippen LogP contribution is 2.26. The Morgan fingerprint density at radius 2 is 2.37 bits per heavy atom. The summed E-state index contributed by atoms with van der Waals surface area (Å²) in [6, 6.07) is 4.61. The van der Waals surface area contributed by atoms with Crippen LogP contribution in [-0.2, 0) is 4.74 Å². The first kappa shape index (κ1) is 13.7. The summed E-state index contributed by atoms with van der Waals surface area (Å²) in [5.74, 6) is 0.481. The zero-order valence-corrected chi connectivity index (χ0v) is 11.2. The van der Waals surface area contributed by atoms with Gasteiger partial charge in [0.2, 0.25) is 0 Å². The van der Waals surface area contributed by atoms with Gasteiger partial charge in [-0.25, -0.2) is 0 Å². The van der Waals surface area contributed by atoms with E-state index in [9.17, 15) is 9.90 Å². The van der Waals surface area contributed by atoms with Crippen molar-refractivity contribution in [1.29, 1.82) is 0 Å². The number of rotatable bonds is 4. The first-order valence-electron chi connectivity index (χ1n) is 6.38. The first-order valence-corrected chi connectivity index (χ1v) is 6.38. The molecule has 104 valence electrons. The fourth-order valence-corrected chi connectivity index (χ4v) is 2.20. The van der Waals surface area contributed by atoms with E-state index in [2.05, 4.69) is 5.32 Å². The molecule has 2 rings (SSSR count). The highest BCUT2D eigenvalue weighted by Gasteiger charge is 2.24. The Bertz CT molecular complexity index is 461. The molecule has 1 amide bonds. The van der Waals surface area contributed by atoms with Crippen molar-refractivity contribution in [2.45, 2.75) is 19.4 Å². The minimum Gasteiger partial charge on any atom is -0.504 e. The molecule has 5 nitrogen and oxygen atoms in total. The van der Waals surface area contributed by atoms with Crippen LogP contribution in [0, 0.1) is 5.92 Å². The van der Waals surface area contributed by atoms with Crippen LogP contribution in [-0.4, -0.2) is 37.4 Å². The van der Waals surface area contributed by atoms with Gasteiger partial charge in [-0.3, -0.25) is 4.79 Å². The predicted octanol–water partition coefficient (Wildman–Crippen LogP) is 1.56. The lowest BCUT2D eigenvalue weighted by Crippen LogP contribution is -2.31. The van der Waals surface area contributed by atoms with E-state index in [1.54, 1.807) is 12.1 Å². The van der Waals surface area contributed by atoms with Crippen LogP contribution in [0.1, 0.15) is 23.7 Å². The standard InChI is InChI=1S/C14H19NO4/c1-9-11(5-6-19-9)8-15-14(17)10-3-4-13(18-2)12(16)7-10/h3-4,7,9,11,16H,5-6,8H2,1-2H3,(H,15,17). The highest BCUT2D eigenvalue weighted by molar-refractivity contribution is 5.94. The van der Waals surface area contributed by atoms with Gasteiger partial charge >= 0.3 is 0 Å². The highest BCUT2D eigenvalue weighted by atomic mass is 16.5. The molecule has 2 atom stereocenters. The third kappa shape index (κ3) is 3.17. The number of hydrogen-bond acceptors (Lipinski definition) is 4. The van der Waals surface area contributed by atoms with Crippen LogP contribution in [0.3, 0.4) is 0 Å². The van der Waals surface area contributed by atoms with Crippen LogP contribution < -0.4 is 10.1 Å². The topological polar surface area (TPSA) is 67.8 Å². The van der Waals surface area contributed by atoms with Crippen molar-refractivity contribution in [3.63, 3.8) is 0 Å². The van der Waals surface area contributed by atoms with Crippen LogP contribution in [0.15, 0.2) is 18.2 Å². The molecule has 1 aliphatic heterocycles. The van der Waals surface area contributed by atoms with Gasteiger partial charge in [-0.15, -0.1) is 0 Å². The number of benzene rings is 1. The average Bonchev–Trinajstić information content (AvgIpc) is 2.81. The van der Waals surface area contributed by atoms with Gasteiger partial charge in [0, 0.05) is 24.6 Å². The maximum atomic E-state index is 12.0. The number of ether oxygens (including phenoxy) is 2. The van der Waals surface area contributed by atoms with Crippen molar-refractivity contribution in [2.24, 2.45) is 5.92 Å². The molecular formula is C14H19NO4. The molecule has 0 saturated carbocycles. The number of nitrogens with one attached hydrogen (secondary N) is 1. The van der Waals surface area contributed by atoms with Gasteiger partial charge in [0.05, 0.1) is 13.2 Å². The SMILES string of the molecule is COc1ccc(C(=O)NCC2CCOC2C)cc1O. The van der Waals surface area contributed by atoms with Crippen molar-refractivity contribution >= 4 is 5.91 Å². The lowest BCUT2D eigenvalue weighted by molar-refractivity contribution is 0.0907. The second-order valence-corrected chi connectivity index (χ2v) is 4.72. The summed E-state index contributed by atoms with van der Waals surface area (Å²) in [4.78, 5) is 12.0. The van der Waals surface area contributed by atoms with Gasteiger partial charge < -0.3 is 19.9 Å². The van der Waals surface area contributed by atoms with Crippen LogP contribution in [0.2, 0.25) is 0 Å². The van der Waals surface area contributed by atoms with Crippen LogP contribution in [0.25, 0.3) is 0 Å². The summed E-state index contributed by atoms with van der Waals surface area (Å²) in [6.45, 7) is 3.36. The molecule has 1 aliphatic rings. The van der Waals surface area contributed by atoms with Crippen LogP contribution >= 0.6 is 0 Å². The van der Waals surface area contributed by atoms with Gasteiger partial charge in [0.25, 0.3) is 5.91 Å². The summed E-state index contributed by atoms with van der Waals surface area (Å²) in [7, 11) is 1.47. The first-order chi connectivity index (χ1) is 9.11. The molecule has 1 heterocycles. The molecule has 0 bridgehead atoms. The van der Waals surface area contributed by atoms with E-state index in [0.717, 1.165) is 13.0 Å². The molecule has 5 heteroatoms. The number of amides is 1. The van der Waals surface area contributed by atoms with E-state index < -0.39 is 0 Å². The van der Waals surface area contributed by atoms with Gasteiger partial charge in [-0.2, -0.15) is 0 Å². The quantitative estimate of drug-likeness (QED) is 0.867. The number of hydrogen-bond donors (Lipinski definition) is 2. The van der Waals surface area contributed by atoms with E-state index in [4.69, 9.17) is 9.47 Å². The molecule has 1 aromatic carbocycles.